The summed E-state index contributed by atoms with van der Waals surface area (Å²) in [4.78, 5) is 2.60. The van der Waals surface area contributed by atoms with Crippen LogP contribution in [0, 0.1) is 11.8 Å². The topological polar surface area (TPSA) is 29.3 Å². The summed E-state index contributed by atoms with van der Waals surface area (Å²) in [6, 6.07) is 0.373. The number of nitrogens with two attached hydrogens (primary N) is 1. The molecular formula is C15H32N2. The van der Waals surface area contributed by atoms with Crippen LogP contribution in [-0.2, 0) is 0 Å². The van der Waals surface area contributed by atoms with E-state index in [0.717, 1.165) is 24.8 Å². The van der Waals surface area contributed by atoms with Crippen molar-refractivity contribution < 1.29 is 0 Å². The van der Waals surface area contributed by atoms with Gasteiger partial charge in [-0.05, 0) is 50.6 Å². The number of hydrogen-bond donors (Lipinski definition) is 1. The van der Waals surface area contributed by atoms with Crippen LogP contribution in [0.1, 0.15) is 59.3 Å². The minimum atomic E-state index is 0.373. The number of hydrogen-bond acceptors (Lipinski definition) is 2. The predicted molar refractivity (Wildman–Crippen MR) is 76.1 cm³/mol. The van der Waals surface area contributed by atoms with Gasteiger partial charge in [0.15, 0.2) is 0 Å². The maximum absolute atomic E-state index is 6.21. The highest BCUT2D eigenvalue weighted by atomic mass is 15.1. The van der Waals surface area contributed by atoms with E-state index < -0.39 is 0 Å². The summed E-state index contributed by atoms with van der Waals surface area (Å²) < 4.78 is 0. The minimum absolute atomic E-state index is 0.373. The van der Waals surface area contributed by atoms with Crippen LogP contribution in [0.15, 0.2) is 0 Å². The molecule has 2 atom stereocenters. The molecule has 0 spiro atoms. The average molecular weight is 240 g/mol. The Kier molecular flexibility index (Phi) is 7.14. The standard InChI is InChI=1S/C15H32N2/c1-4-6-14-7-5-9-17(10-8-14)12-15(16)11-13(2)3/h13-15H,4-12,16H2,1-3H3. The van der Waals surface area contributed by atoms with Crippen LogP contribution < -0.4 is 5.73 Å². The van der Waals surface area contributed by atoms with Gasteiger partial charge in [-0.15, -0.1) is 0 Å². The van der Waals surface area contributed by atoms with Gasteiger partial charge in [0.2, 0.25) is 0 Å². The molecular weight excluding hydrogens is 208 g/mol. The van der Waals surface area contributed by atoms with Crippen LogP contribution >= 0.6 is 0 Å². The van der Waals surface area contributed by atoms with Crippen LogP contribution in [0.3, 0.4) is 0 Å². The smallest absolute Gasteiger partial charge is 0.0170 e. The highest BCUT2D eigenvalue weighted by Crippen LogP contribution is 2.22. The van der Waals surface area contributed by atoms with E-state index >= 15 is 0 Å². The summed E-state index contributed by atoms with van der Waals surface area (Å²) in [5.74, 6) is 1.70. The molecule has 0 aromatic carbocycles. The van der Waals surface area contributed by atoms with E-state index in [1.165, 1.54) is 45.2 Å². The lowest BCUT2D eigenvalue weighted by atomic mass is 9.96. The van der Waals surface area contributed by atoms with E-state index in [0.29, 0.717) is 6.04 Å². The SMILES string of the molecule is CCCC1CCCN(CC(N)CC(C)C)CC1. The third-order valence-corrected chi connectivity index (χ3v) is 3.90. The third-order valence-electron chi connectivity index (χ3n) is 3.90. The molecule has 0 aliphatic carbocycles. The molecule has 1 aliphatic heterocycles. The monoisotopic (exact) mass is 240 g/mol. The minimum Gasteiger partial charge on any atom is -0.327 e. The van der Waals surface area contributed by atoms with Gasteiger partial charge in [0.05, 0.1) is 0 Å². The molecule has 1 rings (SSSR count). The molecule has 1 heterocycles. The van der Waals surface area contributed by atoms with Crippen molar-refractivity contribution in [2.24, 2.45) is 17.6 Å². The first kappa shape index (κ1) is 15.0. The Morgan fingerprint density at radius 2 is 2.00 bits per heavy atom. The molecule has 0 amide bonds. The second-order valence-electron chi connectivity index (χ2n) is 6.28. The van der Waals surface area contributed by atoms with E-state index in [1.807, 2.05) is 0 Å². The van der Waals surface area contributed by atoms with Crippen LogP contribution in [-0.4, -0.2) is 30.6 Å². The summed E-state index contributed by atoms with van der Waals surface area (Å²) >= 11 is 0. The first-order valence-electron chi connectivity index (χ1n) is 7.59. The summed E-state index contributed by atoms with van der Waals surface area (Å²) in [6.07, 6.45) is 8.13. The van der Waals surface area contributed by atoms with Gasteiger partial charge in [-0.3, -0.25) is 0 Å². The molecule has 0 aromatic heterocycles. The Morgan fingerprint density at radius 1 is 1.24 bits per heavy atom. The van der Waals surface area contributed by atoms with Crippen molar-refractivity contribution in [3.05, 3.63) is 0 Å². The lowest BCUT2D eigenvalue weighted by Gasteiger charge is -2.25. The molecule has 0 saturated carbocycles. The highest BCUT2D eigenvalue weighted by molar-refractivity contribution is 4.74. The van der Waals surface area contributed by atoms with Crippen molar-refractivity contribution >= 4 is 0 Å². The molecule has 1 aliphatic rings. The quantitative estimate of drug-likeness (QED) is 0.772. The summed E-state index contributed by atoms with van der Waals surface area (Å²) in [7, 11) is 0. The number of rotatable bonds is 6. The van der Waals surface area contributed by atoms with Crippen LogP contribution in [0.2, 0.25) is 0 Å². The number of nitrogens with zero attached hydrogens (tertiary/aromatic N) is 1. The second-order valence-corrected chi connectivity index (χ2v) is 6.28. The third kappa shape index (κ3) is 6.42. The van der Waals surface area contributed by atoms with Gasteiger partial charge in [-0.1, -0.05) is 33.6 Å². The molecule has 2 heteroatoms. The molecule has 2 N–H and O–H groups in total. The molecule has 0 aromatic rings. The van der Waals surface area contributed by atoms with Gasteiger partial charge in [-0.25, -0.2) is 0 Å². The molecule has 17 heavy (non-hydrogen) atoms. The number of likely N-dealkylation sites (tertiary alicyclic amines) is 1. The van der Waals surface area contributed by atoms with E-state index in [9.17, 15) is 0 Å². The van der Waals surface area contributed by atoms with Gasteiger partial charge in [0.25, 0.3) is 0 Å². The van der Waals surface area contributed by atoms with Crippen molar-refractivity contribution in [1.29, 1.82) is 0 Å². The Bertz CT molecular complexity index is 191. The Hall–Kier alpha value is -0.0800. The fourth-order valence-electron chi connectivity index (χ4n) is 3.12. The fraction of sp³-hybridized carbons (Fsp3) is 1.00. The van der Waals surface area contributed by atoms with Gasteiger partial charge < -0.3 is 10.6 Å². The largest absolute Gasteiger partial charge is 0.327 e. The molecule has 0 radical (unpaired) electrons. The zero-order chi connectivity index (χ0) is 12.7. The first-order valence-corrected chi connectivity index (χ1v) is 7.59. The van der Waals surface area contributed by atoms with Crippen molar-refractivity contribution in [3.8, 4) is 0 Å². The lowest BCUT2D eigenvalue weighted by molar-refractivity contribution is 0.250. The van der Waals surface area contributed by atoms with Crippen molar-refractivity contribution in [2.75, 3.05) is 19.6 Å². The van der Waals surface area contributed by atoms with Crippen molar-refractivity contribution in [1.82, 2.24) is 4.90 Å². The average Bonchev–Trinajstić information content (AvgIpc) is 2.43. The molecule has 1 saturated heterocycles. The van der Waals surface area contributed by atoms with Crippen LogP contribution in [0.25, 0.3) is 0 Å². The second kappa shape index (κ2) is 8.10. The summed E-state index contributed by atoms with van der Waals surface area (Å²) in [5.41, 5.74) is 6.21. The van der Waals surface area contributed by atoms with Crippen LogP contribution in [0.4, 0.5) is 0 Å². The molecule has 1 fully saturated rings. The van der Waals surface area contributed by atoms with Crippen molar-refractivity contribution in [2.45, 2.75) is 65.3 Å². The Morgan fingerprint density at radius 3 is 2.65 bits per heavy atom. The van der Waals surface area contributed by atoms with Gasteiger partial charge >= 0.3 is 0 Å². The maximum atomic E-state index is 6.21. The summed E-state index contributed by atoms with van der Waals surface area (Å²) in [5, 5.41) is 0. The Balaban J connectivity index is 2.26. The van der Waals surface area contributed by atoms with Gasteiger partial charge in [-0.2, -0.15) is 0 Å². The molecule has 0 bridgehead atoms. The zero-order valence-electron chi connectivity index (χ0n) is 12.1. The van der Waals surface area contributed by atoms with E-state index in [4.69, 9.17) is 5.73 Å². The summed E-state index contributed by atoms with van der Waals surface area (Å²) in [6.45, 7) is 10.5. The maximum Gasteiger partial charge on any atom is 0.0170 e. The van der Waals surface area contributed by atoms with E-state index in [1.54, 1.807) is 0 Å². The molecule has 2 nitrogen and oxygen atoms in total. The van der Waals surface area contributed by atoms with Gasteiger partial charge in [0, 0.05) is 12.6 Å². The first-order chi connectivity index (χ1) is 8.11. The lowest BCUT2D eigenvalue weighted by Crippen LogP contribution is -2.38. The fourth-order valence-corrected chi connectivity index (χ4v) is 3.12. The predicted octanol–water partition coefficient (Wildman–Crippen LogP) is 3.26. The van der Waals surface area contributed by atoms with Crippen molar-refractivity contribution in [3.63, 3.8) is 0 Å². The van der Waals surface area contributed by atoms with Crippen LogP contribution in [0.5, 0.6) is 0 Å². The zero-order valence-corrected chi connectivity index (χ0v) is 12.1. The highest BCUT2D eigenvalue weighted by Gasteiger charge is 2.18. The Labute approximate surface area is 108 Å². The normalized spacial score (nSPS) is 24.9. The molecule has 2 unspecified atom stereocenters. The van der Waals surface area contributed by atoms with Gasteiger partial charge in [0.1, 0.15) is 0 Å². The molecule has 102 valence electrons. The van der Waals surface area contributed by atoms with E-state index in [2.05, 4.69) is 25.7 Å². The van der Waals surface area contributed by atoms with E-state index in [-0.39, 0.29) is 0 Å².